The van der Waals surface area contributed by atoms with Crippen molar-refractivity contribution in [1.82, 2.24) is 4.98 Å². The Morgan fingerprint density at radius 3 is 2.41 bits per heavy atom. The highest BCUT2D eigenvalue weighted by Crippen LogP contribution is 2.31. The molecule has 1 fully saturated rings. The number of carbonyl (C=O) groups is 1. The van der Waals surface area contributed by atoms with Crippen molar-refractivity contribution in [1.29, 1.82) is 5.41 Å². The van der Waals surface area contributed by atoms with Gasteiger partial charge in [-0.1, -0.05) is 36.6 Å². The predicted octanol–water partition coefficient (Wildman–Crippen LogP) is 5.84. The molecule has 1 aliphatic rings. The van der Waals surface area contributed by atoms with Crippen LogP contribution in [0.25, 0.3) is 0 Å². The zero-order valence-corrected chi connectivity index (χ0v) is 17.0. The molecule has 1 saturated carbocycles. The van der Waals surface area contributed by atoms with E-state index >= 15 is 0 Å². The molecule has 0 bridgehead atoms. The fourth-order valence-corrected chi connectivity index (χ4v) is 3.77. The molecule has 5 nitrogen and oxygen atoms in total. The maximum absolute atomic E-state index is 13.3. The summed E-state index contributed by atoms with van der Waals surface area (Å²) in [6.07, 6.45) is 5.73. The monoisotopic (exact) mass is 420 g/mol. The maximum Gasteiger partial charge on any atom is 0.270 e. The van der Waals surface area contributed by atoms with Gasteiger partial charge in [0, 0.05) is 36.1 Å². The number of aromatic nitrogens is 1. The molecule has 0 aliphatic heterocycles. The number of pyridine rings is 1. The average molecular weight is 421 g/mol. The van der Waals surface area contributed by atoms with E-state index in [0.717, 1.165) is 32.6 Å². The Morgan fingerprint density at radius 1 is 1.24 bits per heavy atom. The predicted molar refractivity (Wildman–Crippen MR) is 112 cm³/mol. The fourth-order valence-electron chi connectivity index (χ4n) is 3.41. The van der Waals surface area contributed by atoms with Crippen LogP contribution in [0.15, 0.2) is 30.5 Å². The standard InChI is InChI=1S/C21H23ClF2N4O/c1-12(25)17-18(22)16(11-26-19(17)27-14-5-3-4-6-14)20(29)28-15-9-7-13(8-10-15)21(2,23)24/h7-11,14,25H,3-6H2,1-2H3,(H,26,27)(H,28,29). The molecule has 0 unspecified atom stereocenters. The lowest BCUT2D eigenvalue weighted by Crippen LogP contribution is -2.20. The Balaban J connectivity index is 1.83. The molecule has 1 aromatic heterocycles. The van der Waals surface area contributed by atoms with E-state index in [1.54, 1.807) is 6.92 Å². The number of hydrogen-bond acceptors (Lipinski definition) is 4. The van der Waals surface area contributed by atoms with E-state index in [1.807, 2.05) is 0 Å². The first-order valence-corrected chi connectivity index (χ1v) is 9.85. The van der Waals surface area contributed by atoms with Crippen molar-refractivity contribution in [3.8, 4) is 0 Å². The van der Waals surface area contributed by atoms with Gasteiger partial charge < -0.3 is 16.0 Å². The van der Waals surface area contributed by atoms with Crippen LogP contribution in [0.1, 0.15) is 61.0 Å². The molecule has 0 radical (unpaired) electrons. The average Bonchev–Trinajstić information content (AvgIpc) is 3.14. The second-order valence-corrected chi connectivity index (χ2v) is 7.76. The fraction of sp³-hybridized carbons (Fsp3) is 0.381. The summed E-state index contributed by atoms with van der Waals surface area (Å²) < 4.78 is 26.7. The third-order valence-corrected chi connectivity index (χ3v) is 5.37. The van der Waals surface area contributed by atoms with Gasteiger partial charge in [-0.25, -0.2) is 13.8 Å². The van der Waals surface area contributed by atoms with Crippen LogP contribution in [0.3, 0.4) is 0 Å². The first kappa shape index (κ1) is 21.2. The number of benzene rings is 1. The van der Waals surface area contributed by atoms with Crippen molar-refractivity contribution in [2.45, 2.75) is 51.5 Å². The second-order valence-electron chi connectivity index (χ2n) is 7.38. The molecule has 1 amide bonds. The number of alkyl halides is 2. The van der Waals surface area contributed by atoms with E-state index in [2.05, 4.69) is 15.6 Å². The Morgan fingerprint density at radius 2 is 1.86 bits per heavy atom. The molecule has 3 rings (SSSR count). The van der Waals surface area contributed by atoms with Gasteiger partial charge in [-0.15, -0.1) is 0 Å². The molecule has 2 aromatic rings. The van der Waals surface area contributed by atoms with Gasteiger partial charge in [0.1, 0.15) is 5.82 Å². The highest BCUT2D eigenvalue weighted by atomic mass is 35.5. The van der Waals surface area contributed by atoms with Crippen LogP contribution in [-0.2, 0) is 5.92 Å². The van der Waals surface area contributed by atoms with E-state index < -0.39 is 11.8 Å². The lowest BCUT2D eigenvalue weighted by atomic mass is 10.1. The smallest absolute Gasteiger partial charge is 0.270 e. The molecular weight excluding hydrogens is 398 g/mol. The Labute approximate surface area is 173 Å². The minimum atomic E-state index is -2.95. The van der Waals surface area contributed by atoms with Crippen molar-refractivity contribution in [2.24, 2.45) is 0 Å². The number of rotatable bonds is 6. The summed E-state index contributed by atoms with van der Waals surface area (Å²) in [4.78, 5) is 17.0. The minimum absolute atomic E-state index is 0.120. The first-order valence-electron chi connectivity index (χ1n) is 9.47. The number of amides is 1. The second kappa shape index (κ2) is 8.45. The summed E-state index contributed by atoms with van der Waals surface area (Å²) in [6.45, 7) is 2.41. The zero-order chi connectivity index (χ0) is 21.2. The molecule has 0 atom stereocenters. The molecule has 0 spiro atoms. The molecule has 8 heteroatoms. The van der Waals surface area contributed by atoms with Gasteiger partial charge in [-0.3, -0.25) is 4.79 Å². The zero-order valence-electron chi connectivity index (χ0n) is 16.3. The lowest BCUT2D eigenvalue weighted by Gasteiger charge is -2.18. The number of halogens is 3. The molecule has 154 valence electrons. The van der Waals surface area contributed by atoms with Crippen LogP contribution >= 0.6 is 11.6 Å². The van der Waals surface area contributed by atoms with Crippen molar-refractivity contribution in [3.63, 3.8) is 0 Å². The SMILES string of the molecule is CC(=N)c1c(NC2CCCC2)ncc(C(=O)Nc2ccc(C(C)(F)F)cc2)c1Cl. The number of nitrogens with zero attached hydrogens (tertiary/aromatic N) is 1. The van der Waals surface area contributed by atoms with Crippen LogP contribution in [0.5, 0.6) is 0 Å². The van der Waals surface area contributed by atoms with Gasteiger partial charge in [-0.2, -0.15) is 0 Å². The normalized spacial score (nSPS) is 14.7. The Kier molecular flexibility index (Phi) is 6.17. The summed E-state index contributed by atoms with van der Waals surface area (Å²) in [6, 6.07) is 5.62. The van der Waals surface area contributed by atoms with Crippen molar-refractivity contribution in [2.75, 3.05) is 10.6 Å². The molecule has 0 saturated heterocycles. The largest absolute Gasteiger partial charge is 0.367 e. The Bertz CT molecular complexity index is 920. The Hall–Kier alpha value is -2.54. The quantitative estimate of drug-likeness (QED) is 0.513. The summed E-state index contributed by atoms with van der Waals surface area (Å²) in [5, 5.41) is 14.2. The van der Waals surface area contributed by atoms with E-state index in [4.69, 9.17) is 17.0 Å². The number of hydrogen-bond donors (Lipinski definition) is 3. The molecular formula is C21H23ClF2N4O. The van der Waals surface area contributed by atoms with Gasteiger partial charge in [-0.05, 0) is 31.9 Å². The molecule has 1 aliphatic carbocycles. The van der Waals surface area contributed by atoms with Gasteiger partial charge in [0.15, 0.2) is 0 Å². The van der Waals surface area contributed by atoms with E-state index in [0.29, 0.717) is 17.1 Å². The number of carbonyl (C=O) groups excluding carboxylic acids is 1. The van der Waals surface area contributed by atoms with E-state index in [9.17, 15) is 13.6 Å². The number of anilines is 2. The van der Waals surface area contributed by atoms with Gasteiger partial charge >= 0.3 is 0 Å². The molecule has 29 heavy (non-hydrogen) atoms. The highest BCUT2D eigenvalue weighted by molar-refractivity contribution is 6.38. The van der Waals surface area contributed by atoms with Crippen LogP contribution in [0.2, 0.25) is 5.02 Å². The van der Waals surface area contributed by atoms with Gasteiger partial charge in [0.25, 0.3) is 11.8 Å². The topological polar surface area (TPSA) is 77.9 Å². The van der Waals surface area contributed by atoms with Crippen LogP contribution in [0.4, 0.5) is 20.3 Å². The highest BCUT2D eigenvalue weighted by Gasteiger charge is 2.25. The summed E-state index contributed by atoms with van der Waals surface area (Å²) in [7, 11) is 0. The minimum Gasteiger partial charge on any atom is -0.367 e. The van der Waals surface area contributed by atoms with Crippen molar-refractivity contribution >= 4 is 34.7 Å². The number of nitrogens with one attached hydrogen (secondary N) is 3. The molecule has 3 N–H and O–H groups in total. The van der Waals surface area contributed by atoms with Gasteiger partial charge in [0.05, 0.1) is 16.1 Å². The van der Waals surface area contributed by atoms with Gasteiger partial charge in [0.2, 0.25) is 0 Å². The summed E-state index contributed by atoms with van der Waals surface area (Å²) in [5.41, 5.74) is 0.939. The van der Waals surface area contributed by atoms with Crippen molar-refractivity contribution in [3.05, 3.63) is 52.2 Å². The third kappa shape index (κ3) is 4.90. The first-order chi connectivity index (χ1) is 13.7. The molecule has 1 aromatic carbocycles. The third-order valence-electron chi connectivity index (χ3n) is 4.98. The van der Waals surface area contributed by atoms with Crippen LogP contribution in [0, 0.1) is 5.41 Å². The van der Waals surface area contributed by atoms with Crippen molar-refractivity contribution < 1.29 is 13.6 Å². The van der Waals surface area contributed by atoms with Crippen LogP contribution in [-0.4, -0.2) is 22.6 Å². The van der Waals surface area contributed by atoms with Crippen LogP contribution < -0.4 is 10.6 Å². The summed E-state index contributed by atoms with van der Waals surface area (Å²) >= 11 is 6.46. The molecule has 1 heterocycles. The van der Waals surface area contributed by atoms with E-state index in [-0.39, 0.29) is 27.9 Å². The lowest BCUT2D eigenvalue weighted by molar-refractivity contribution is 0.0175. The maximum atomic E-state index is 13.3. The van der Waals surface area contributed by atoms with E-state index in [1.165, 1.54) is 30.5 Å². The summed E-state index contributed by atoms with van der Waals surface area (Å²) in [5.74, 6) is -2.97.